The van der Waals surface area contributed by atoms with Gasteiger partial charge in [-0.15, -0.1) is 0 Å². The number of H-pyrrole nitrogens is 2. The van der Waals surface area contributed by atoms with Crippen LogP contribution in [0.1, 0.15) is 115 Å². The number of alkyl carbamates (subject to hydrolysis) is 1. The number of aromatic amines is 2. The van der Waals surface area contributed by atoms with Crippen LogP contribution in [0.4, 0.5) is 13.6 Å². The van der Waals surface area contributed by atoms with Crippen LogP contribution in [0, 0.1) is 29.1 Å². The molecule has 72 heavy (non-hydrogen) atoms. The Kier molecular flexibility index (Phi) is 12.8. The van der Waals surface area contributed by atoms with Crippen molar-refractivity contribution in [3.63, 3.8) is 0 Å². The molecule has 2 saturated heterocycles. The van der Waals surface area contributed by atoms with E-state index in [1.165, 1.54) is 7.11 Å². The third-order valence-corrected chi connectivity index (χ3v) is 16.4. The Balaban J connectivity index is 0.874. The fourth-order valence-corrected chi connectivity index (χ4v) is 12.2. The number of nitrogens with one attached hydrogen (secondary N) is 5. The number of likely N-dealkylation sites (tertiary alicyclic amines) is 2. The van der Waals surface area contributed by atoms with E-state index in [9.17, 15) is 14.7 Å². The van der Waals surface area contributed by atoms with E-state index < -0.39 is 30.3 Å². The van der Waals surface area contributed by atoms with Gasteiger partial charge in [-0.3, -0.25) is 9.69 Å². The number of aliphatic hydroxyl groups is 1. The number of nitrogens with zero attached hydrogens (tertiary/aromatic N) is 4. The minimum Gasteiger partial charge on any atom is -0.483 e. The standard InChI is InChI=1S/C56H69F2N9O5/c1-28(2)46(61-32(8)71-9)31(7)60-47(29(3)4)52(68)66-27-55(19-20-55)25-45(66)50-59-26-44(64-50)35-13-17-39-38-16-12-33(22-40(38)56(57,58)41(39)23-35)34-14-18-42-43(24-34)63-51(62-42)49-36-11-15-37(21-36)67(49)53(69)48(30(5)6)65-54(70)72-10/h12-14,16-18,22-24,26,28-30,36-37,45-49,53,60-61,69H,7-8,11,15,19-21,25,27H2,1-6,9-10H3,(H,59,64)(H,62,63)(H,65,70)/t36-,37+,45-,46?,47-,48-,49-,53?/m0/s1. The average molecular weight is 986 g/mol. The summed E-state index contributed by atoms with van der Waals surface area (Å²) in [6, 6.07) is 14.6. The lowest BCUT2D eigenvalue weighted by molar-refractivity contribution is -0.135. The summed E-state index contributed by atoms with van der Waals surface area (Å²) in [6.45, 7) is 21.0. The zero-order chi connectivity index (χ0) is 51.1. The van der Waals surface area contributed by atoms with Gasteiger partial charge in [0, 0.05) is 35.0 Å². The molecule has 2 amide bonds. The molecule has 5 aromatic rings. The fourth-order valence-electron chi connectivity index (χ4n) is 12.2. The third kappa shape index (κ3) is 8.71. The smallest absolute Gasteiger partial charge is 0.407 e. The number of ether oxygens (including phenoxy) is 2. The highest BCUT2D eigenvalue weighted by Crippen LogP contribution is 2.59. The number of imidazole rings is 2. The molecule has 4 heterocycles. The first-order valence-electron chi connectivity index (χ1n) is 25.6. The number of hydrogen-bond acceptors (Lipinski definition) is 10. The summed E-state index contributed by atoms with van der Waals surface area (Å²) in [5, 5.41) is 21.4. The van der Waals surface area contributed by atoms with Crippen LogP contribution in [0.2, 0.25) is 0 Å². The van der Waals surface area contributed by atoms with Gasteiger partial charge in [-0.1, -0.05) is 78.5 Å². The Morgan fingerprint density at radius 1 is 0.819 bits per heavy atom. The highest BCUT2D eigenvalue weighted by atomic mass is 19.3. The highest BCUT2D eigenvalue weighted by Gasteiger charge is 2.56. The molecule has 2 bridgehead atoms. The molecule has 2 saturated carbocycles. The molecule has 10 rings (SSSR count). The summed E-state index contributed by atoms with van der Waals surface area (Å²) in [6.07, 6.45) is 5.88. The summed E-state index contributed by atoms with van der Waals surface area (Å²) >= 11 is 0. The van der Waals surface area contributed by atoms with E-state index in [-0.39, 0.29) is 70.3 Å². The maximum atomic E-state index is 16.8. The van der Waals surface area contributed by atoms with Gasteiger partial charge in [0.2, 0.25) is 5.91 Å². The molecule has 3 aromatic carbocycles. The second kappa shape index (κ2) is 18.7. The minimum absolute atomic E-state index is 0.0273. The van der Waals surface area contributed by atoms with Crippen molar-refractivity contribution in [1.29, 1.82) is 0 Å². The number of carbonyl (C=O) groups is 2. The van der Waals surface area contributed by atoms with Gasteiger partial charge in [0.25, 0.3) is 5.92 Å². The van der Waals surface area contributed by atoms with Crippen LogP contribution in [0.3, 0.4) is 0 Å². The van der Waals surface area contributed by atoms with Gasteiger partial charge in [-0.2, -0.15) is 8.78 Å². The lowest BCUT2D eigenvalue weighted by atomic mass is 9.95. The van der Waals surface area contributed by atoms with Gasteiger partial charge in [-0.25, -0.2) is 14.8 Å². The van der Waals surface area contributed by atoms with Crippen molar-refractivity contribution in [2.24, 2.45) is 29.1 Å². The van der Waals surface area contributed by atoms with Crippen molar-refractivity contribution in [2.45, 2.75) is 128 Å². The molecule has 5 aliphatic rings. The molecule has 6 N–H and O–H groups in total. The van der Waals surface area contributed by atoms with Crippen LogP contribution in [-0.4, -0.2) is 98.0 Å². The number of amides is 2. The molecule has 4 fully saturated rings. The van der Waals surface area contributed by atoms with Crippen molar-refractivity contribution >= 4 is 23.0 Å². The number of aromatic nitrogens is 4. The maximum Gasteiger partial charge on any atom is 0.407 e. The SMILES string of the molecule is C=C(NC(C(=C)N[C@H](C(=O)N1CC2(CC2)C[C@H]1c1ncc(-c2ccc3c(c2)C(F)(F)c2cc(-c4ccc5nc([C@@H]6[C@H]7CC[C@H](C7)N6C(O)[C@@H](NC(=O)OC)C(C)C)[nH]c5c4)ccc2-3)[nH]1)C(C)C)C(C)C)OC. The molecule has 382 valence electrons. The van der Waals surface area contributed by atoms with E-state index in [2.05, 4.69) is 57.8 Å². The molecule has 2 aromatic heterocycles. The molecular weight excluding hydrogens is 917 g/mol. The summed E-state index contributed by atoms with van der Waals surface area (Å²) in [5.41, 5.74) is 5.68. The first-order chi connectivity index (χ1) is 34.3. The van der Waals surface area contributed by atoms with Crippen LogP contribution < -0.4 is 16.0 Å². The zero-order valence-electron chi connectivity index (χ0n) is 42.6. The van der Waals surface area contributed by atoms with Gasteiger partial charge in [0.15, 0.2) is 5.88 Å². The molecule has 14 nitrogen and oxygen atoms in total. The predicted molar refractivity (Wildman–Crippen MR) is 273 cm³/mol. The zero-order valence-corrected chi connectivity index (χ0v) is 42.6. The Labute approximate surface area is 420 Å². The first kappa shape index (κ1) is 49.3. The topological polar surface area (TPSA) is 173 Å². The largest absolute Gasteiger partial charge is 0.483 e. The van der Waals surface area contributed by atoms with E-state index in [4.69, 9.17) is 19.4 Å². The van der Waals surface area contributed by atoms with Crippen LogP contribution in [0.15, 0.2) is 85.5 Å². The third-order valence-electron chi connectivity index (χ3n) is 16.4. The number of fused-ring (bicyclic) bond motifs is 6. The van der Waals surface area contributed by atoms with Crippen molar-refractivity contribution in [1.82, 2.24) is 45.7 Å². The number of methoxy groups -OCH3 is 2. The Morgan fingerprint density at radius 2 is 1.49 bits per heavy atom. The second-order valence-corrected chi connectivity index (χ2v) is 22.1. The van der Waals surface area contributed by atoms with Crippen molar-refractivity contribution < 1.29 is 33.0 Å². The van der Waals surface area contributed by atoms with Gasteiger partial charge in [-0.05, 0) is 121 Å². The number of aliphatic hydroxyl groups excluding tert-OH is 1. The number of alkyl halides is 2. The van der Waals surface area contributed by atoms with E-state index >= 15 is 8.78 Å². The molecule has 0 radical (unpaired) electrons. The molecule has 3 aliphatic carbocycles. The summed E-state index contributed by atoms with van der Waals surface area (Å²) in [7, 11) is 2.87. The fraction of sp³-hybridized carbons (Fsp3) is 0.500. The Bertz CT molecular complexity index is 2920. The lowest BCUT2D eigenvalue weighted by Crippen LogP contribution is -2.56. The molecule has 2 aliphatic heterocycles. The van der Waals surface area contributed by atoms with Crippen LogP contribution in [-0.2, 0) is 20.2 Å². The summed E-state index contributed by atoms with van der Waals surface area (Å²) in [4.78, 5) is 47.8. The van der Waals surface area contributed by atoms with Crippen LogP contribution in [0.5, 0.6) is 0 Å². The normalized spacial score (nSPS) is 23.1. The van der Waals surface area contributed by atoms with Crippen molar-refractivity contribution in [3.05, 3.63) is 108 Å². The lowest BCUT2D eigenvalue weighted by Gasteiger charge is -2.41. The van der Waals surface area contributed by atoms with Crippen LogP contribution in [0.25, 0.3) is 44.5 Å². The van der Waals surface area contributed by atoms with Gasteiger partial charge >= 0.3 is 6.09 Å². The quantitative estimate of drug-likeness (QED) is 0.0493. The number of halogens is 2. The second-order valence-electron chi connectivity index (χ2n) is 22.1. The van der Waals surface area contributed by atoms with E-state index in [1.54, 1.807) is 37.6 Å². The monoisotopic (exact) mass is 986 g/mol. The number of rotatable bonds is 17. The molecule has 1 spiro atoms. The Hall–Kier alpha value is -6.26. The number of benzene rings is 3. The number of piperidine rings is 1. The number of hydrogen-bond donors (Lipinski definition) is 6. The molecule has 8 atom stereocenters. The number of carbonyl (C=O) groups excluding carboxylic acids is 2. The minimum atomic E-state index is -3.27. The van der Waals surface area contributed by atoms with Gasteiger partial charge in [0.1, 0.15) is 23.9 Å². The molecular formula is C56H69F2N9O5. The first-order valence-corrected chi connectivity index (χ1v) is 25.6. The molecule has 16 heteroatoms. The van der Waals surface area contributed by atoms with Crippen LogP contribution >= 0.6 is 0 Å². The average Bonchev–Trinajstić information content (AvgIpc) is 4.02. The maximum absolute atomic E-state index is 16.8. The van der Waals surface area contributed by atoms with Gasteiger partial charge < -0.3 is 45.4 Å². The highest BCUT2D eigenvalue weighted by molar-refractivity contribution is 5.87. The van der Waals surface area contributed by atoms with E-state index in [1.807, 2.05) is 62.9 Å². The van der Waals surface area contributed by atoms with Gasteiger partial charge in [0.05, 0.1) is 61.3 Å². The summed E-state index contributed by atoms with van der Waals surface area (Å²) < 4.78 is 43.9. The van der Waals surface area contributed by atoms with Crippen molar-refractivity contribution in [3.8, 4) is 33.5 Å². The Morgan fingerprint density at radius 3 is 2.14 bits per heavy atom. The predicted octanol–water partition coefficient (Wildman–Crippen LogP) is 9.88. The van der Waals surface area contributed by atoms with E-state index in [0.717, 1.165) is 60.9 Å². The van der Waals surface area contributed by atoms with Crippen molar-refractivity contribution in [2.75, 3.05) is 20.8 Å². The van der Waals surface area contributed by atoms with E-state index in [0.29, 0.717) is 51.9 Å². The molecule has 2 unspecified atom stereocenters. The summed E-state index contributed by atoms with van der Waals surface area (Å²) in [5.74, 6) is -1.20.